The highest BCUT2D eigenvalue weighted by molar-refractivity contribution is 6.30. The van der Waals surface area contributed by atoms with Crippen molar-refractivity contribution in [2.24, 2.45) is 0 Å². The number of hydrogen-bond acceptors (Lipinski definition) is 2. The molecule has 0 atom stereocenters. The molecule has 9 heteroatoms. The summed E-state index contributed by atoms with van der Waals surface area (Å²) < 4.78 is 79.2. The summed E-state index contributed by atoms with van der Waals surface area (Å²) in [4.78, 5) is 29.2. The van der Waals surface area contributed by atoms with Gasteiger partial charge in [-0.25, -0.2) is 0 Å². The van der Waals surface area contributed by atoms with Gasteiger partial charge in [-0.2, -0.15) is 26.3 Å². The average Bonchev–Trinajstić information content (AvgIpc) is 2.92. The molecule has 1 heterocycles. The Morgan fingerprint density at radius 1 is 0.600 bits per heavy atom. The number of alkyl halides is 6. The highest BCUT2D eigenvalue weighted by Gasteiger charge is 2.40. The summed E-state index contributed by atoms with van der Waals surface area (Å²) in [7, 11) is 0. The van der Waals surface area contributed by atoms with E-state index in [-0.39, 0.29) is 11.1 Å². The van der Waals surface area contributed by atoms with Gasteiger partial charge in [0, 0.05) is 11.4 Å². The molecule has 4 aromatic rings. The van der Waals surface area contributed by atoms with E-state index in [0.717, 1.165) is 24.3 Å². The fourth-order valence-electron chi connectivity index (χ4n) is 5.34. The Morgan fingerprint density at radius 3 is 1.30 bits per heavy atom. The number of nitrogens with zero attached hydrogens (tertiary/aromatic N) is 1. The lowest BCUT2D eigenvalue weighted by atomic mass is 9.83. The maximum Gasteiger partial charge on any atom is 0.416 e. The molecule has 0 saturated heterocycles. The van der Waals surface area contributed by atoms with Crippen LogP contribution in [-0.4, -0.2) is 22.8 Å². The van der Waals surface area contributed by atoms with E-state index < -0.39 is 41.3 Å². The molecule has 1 aliphatic heterocycles. The number of imide groups is 1. The van der Waals surface area contributed by atoms with E-state index in [0.29, 0.717) is 45.9 Å². The Labute approximate surface area is 226 Å². The van der Waals surface area contributed by atoms with Gasteiger partial charge < -0.3 is 0 Å². The van der Waals surface area contributed by atoms with E-state index in [1.165, 1.54) is 29.2 Å². The highest BCUT2D eigenvalue weighted by atomic mass is 19.4. The minimum absolute atomic E-state index is 0.174. The molecule has 0 bridgehead atoms. The fraction of sp³-hybridized carbons (Fsp3) is 0.226. The quantitative estimate of drug-likeness (QED) is 0.182. The van der Waals surface area contributed by atoms with Crippen molar-refractivity contribution in [3.05, 3.63) is 95.1 Å². The molecule has 206 valence electrons. The molecular formula is C31H23F6NO2. The van der Waals surface area contributed by atoms with Crippen LogP contribution in [0.5, 0.6) is 0 Å². The molecule has 4 aromatic carbocycles. The van der Waals surface area contributed by atoms with Crippen molar-refractivity contribution in [3.8, 4) is 22.3 Å². The van der Waals surface area contributed by atoms with Gasteiger partial charge in [0.2, 0.25) is 0 Å². The molecule has 0 spiro atoms. The van der Waals surface area contributed by atoms with Crippen LogP contribution in [-0.2, 0) is 12.4 Å². The van der Waals surface area contributed by atoms with Crippen LogP contribution in [0.1, 0.15) is 58.5 Å². The Balaban J connectivity index is 1.80. The summed E-state index contributed by atoms with van der Waals surface area (Å²) in [6.07, 6.45) is -8.13. The highest BCUT2D eigenvalue weighted by Crippen LogP contribution is 2.43. The minimum atomic E-state index is -4.53. The number of benzene rings is 4. The molecule has 1 aliphatic rings. The number of hydrogen-bond donors (Lipinski definition) is 0. The van der Waals surface area contributed by atoms with Gasteiger partial charge in [0.15, 0.2) is 0 Å². The first-order valence-corrected chi connectivity index (χ1v) is 12.7. The molecule has 0 fully saturated rings. The lowest BCUT2D eigenvalue weighted by molar-refractivity contribution is -0.138. The number of carbonyl (C=O) groups excluding carboxylic acids is 2. The molecule has 0 saturated carbocycles. The smallest absolute Gasteiger partial charge is 0.271 e. The lowest BCUT2D eigenvalue weighted by Gasteiger charge is -2.35. The van der Waals surface area contributed by atoms with Gasteiger partial charge in [-0.3, -0.25) is 14.5 Å². The first kappa shape index (κ1) is 27.4. The first-order valence-electron chi connectivity index (χ1n) is 12.7. The summed E-state index contributed by atoms with van der Waals surface area (Å²) in [5, 5.41) is 0.884. The Morgan fingerprint density at radius 2 is 0.975 bits per heavy atom. The number of halogens is 6. The van der Waals surface area contributed by atoms with E-state index in [1.54, 1.807) is 24.3 Å². The molecule has 2 amide bonds. The van der Waals surface area contributed by atoms with Gasteiger partial charge in [-0.1, -0.05) is 62.4 Å². The average molecular weight is 556 g/mol. The number of rotatable bonds is 5. The molecule has 0 radical (unpaired) electrons. The van der Waals surface area contributed by atoms with Gasteiger partial charge in [-0.15, -0.1) is 0 Å². The predicted octanol–water partition coefficient (Wildman–Crippen LogP) is 9.00. The summed E-state index contributed by atoms with van der Waals surface area (Å²) in [5.74, 6) is -1.12. The summed E-state index contributed by atoms with van der Waals surface area (Å²) in [6.45, 7) is 3.67. The molecule has 0 aromatic heterocycles. The zero-order chi connectivity index (χ0) is 29.0. The van der Waals surface area contributed by atoms with Crippen LogP contribution in [0.2, 0.25) is 0 Å². The third-order valence-electron chi connectivity index (χ3n) is 7.41. The fourth-order valence-corrected chi connectivity index (χ4v) is 5.34. The van der Waals surface area contributed by atoms with Crippen LogP contribution in [0, 0.1) is 0 Å². The molecule has 0 aliphatic carbocycles. The Hall–Kier alpha value is -4.14. The van der Waals surface area contributed by atoms with Crippen LogP contribution in [0.15, 0.2) is 72.8 Å². The van der Waals surface area contributed by atoms with Crippen molar-refractivity contribution in [2.45, 2.75) is 45.1 Å². The van der Waals surface area contributed by atoms with Crippen molar-refractivity contribution in [1.29, 1.82) is 0 Å². The summed E-state index contributed by atoms with van der Waals surface area (Å²) in [5.41, 5.74) is 0.124. The molecule has 0 N–H and O–H groups in total. The molecule has 40 heavy (non-hydrogen) atoms. The maximum absolute atomic E-state index is 14.0. The van der Waals surface area contributed by atoms with E-state index in [4.69, 9.17) is 0 Å². The van der Waals surface area contributed by atoms with Crippen molar-refractivity contribution < 1.29 is 35.9 Å². The van der Waals surface area contributed by atoms with Crippen molar-refractivity contribution in [1.82, 2.24) is 4.90 Å². The van der Waals surface area contributed by atoms with Gasteiger partial charge in [0.1, 0.15) is 0 Å². The second-order valence-electron chi connectivity index (χ2n) is 9.68. The van der Waals surface area contributed by atoms with Crippen LogP contribution < -0.4 is 0 Å². The van der Waals surface area contributed by atoms with Crippen LogP contribution >= 0.6 is 0 Å². The maximum atomic E-state index is 14.0. The van der Waals surface area contributed by atoms with Gasteiger partial charge >= 0.3 is 12.4 Å². The second-order valence-corrected chi connectivity index (χ2v) is 9.68. The van der Waals surface area contributed by atoms with E-state index >= 15 is 0 Å². The summed E-state index contributed by atoms with van der Waals surface area (Å²) >= 11 is 0. The first-order chi connectivity index (χ1) is 18.9. The predicted molar refractivity (Wildman–Crippen MR) is 140 cm³/mol. The third kappa shape index (κ3) is 4.53. The van der Waals surface area contributed by atoms with Crippen LogP contribution in [0.4, 0.5) is 26.3 Å². The van der Waals surface area contributed by atoms with Crippen LogP contribution in [0.3, 0.4) is 0 Å². The number of amides is 2. The molecule has 0 unspecified atom stereocenters. The largest absolute Gasteiger partial charge is 0.416 e. The second kappa shape index (κ2) is 9.80. The molecular weight excluding hydrogens is 532 g/mol. The normalized spacial score (nSPS) is 14.0. The molecule has 5 rings (SSSR count). The zero-order valence-corrected chi connectivity index (χ0v) is 21.5. The molecule has 3 nitrogen and oxygen atoms in total. The van der Waals surface area contributed by atoms with Gasteiger partial charge in [0.25, 0.3) is 11.8 Å². The number of carbonyl (C=O) groups is 2. The minimum Gasteiger partial charge on any atom is -0.271 e. The van der Waals surface area contributed by atoms with Crippen molar-refractivity contribution in [3.63, 3.8) is 0 Å². The van der Waals surface area contributed by atoms with Crippen molar-refractivity contribution >= 4 is 22.6 Å². The third-order valence-corrected chi connectivity index (χ3v) is 7.41. The van der Waals surface area contributed by atoms with Crippen molar-refractivity contribution in [2.75, 3.05) is 0 Å². The van der Waals surface area contributed by atoms with Crippen LogP contribution in [0.25, 0.3) is 33.0 Å². The van der Waals surface area contributed by atoms with E-state index in [1.807, 2.05) is 13.8 Å². The van der Waals surface area contributed by atoms with Gasteiger partial charge in [0.05, 0.1) is 22.3 Å². The van der Waals surface area contributed by atoms with E-state index in [2.05, 4.69) is 0 Å². The topological polar surface area (TPSA) is 37.4 Å². The Bertz CT molecular complexity index is 1500. The van der Waals surface area contributed by atoms with E-state index in [9.17, 15) is 35.9 Å². The zero-order valence-electron chi connectivity index (χ0n) is 21.5. The monoisotopic (exact) mass is 555 g/mol. The van der Waals surface area contributed by atoms with Gasteiger partial charge in [-0.05, 0) is 64.7 Å². The lowest BCUT2D eigenvalue weighted by Crippen LogP contribution is -2.47. The standard InChI is InChI=1S/C31H23F6NO2/c1-3-22(4-2)38-28(39)26-23(17-5-11-20(12-6-17)30(32,33)34)15-9-19-10-16-24(27(25(19)26)29(38)40)18-7-13-21(14-8-18)31(35,36)37/h5-16,22H,3-4H2,1-2H3. The Kier molecular flexibility index (Phi) is 6.72. The summed E-state index contributed by atoms with van der Waals surface area (Å²) in [6, 6.07) is 15.0. The SMILES string of the molecule is CCC(CC)N1C(=O)c2c(-c3ccc(C(F)(F)F)cc3)ccc3ccc(-c4ccc(C(F)(F)F)cc4)c(c23)C1=O.